The molecule has 0 saturated heterocycles. The fourth-order valence-corrected chi connectivity index (χ4v) is 3.74. The molecule has 2 aromatic rings. The van der Waals surface area contributed by atoms with Crippen molar-refractivity contribution in [1.82, 2.24) is 5.32 Å². The lowest BCUT2D eigenvalue weighted by molar-refractivity contribution is -0.148. The summed E-state index contributed by atoms with van der Waals surface area (Å²) in [5, 5.41) is 21.4. The number of aliphatic hydroxyl groups excluding tert-OH is 1. The van der Waals surface area contributed by atoms with Gasteiger partial charge < -0.3 is 20.3 Å². The molecule has 0 aliphatic heterocycles. The maximum atomic E-state index is 12.3. The third kappa shape index (κ3) is 4.17. The van der Waals surface area contributed by atoms with Crippen molar-refractivity contribution in [3.8, 4) is 11.1 Å². The monoisotopic (exact) mass is 383 g/mol. The number of hydrogen-bond acceptors (Lipinski definition) is 4. The lowest BCUT2D eigenvalue weighted by atomic mass is 9.98. The summed E-state index contributed by atoms with van der Waals surface area (Å²) in [6.45, 7) is 3.92. The lowest BCUT2D eigenvalue weighted by Gasteiger charge is -2.23. The van der Waals surface area contributed by atoms with E-state index in [1.807, 2.05) is 50.2 Å². The van der Waals surface area contributed by atoms with Gasteiger partial charge in [0, 0.05) is 5.92 Å². The van der Waals surface area contributed by atoms with Crippen LogP contribution >= 0.6 is 0 Å². The second-order valence-electron chi connectivity index (χ2n) is 7.49. The van der Waals surface area contributed by atoms with Crippen LogP contribution in [0.2, 0.25) is 0 Å². The Morgan fingerprint density at radius 3 is 2.07 bits per heavy atom. The van der Waals surface area contributed by atoms with E-state index in [1.54, 1.807) is 0 Å². The number of alkyl carbamates (subject to hydrolysis) is 1. The molecule has 1 aliphatic carbocycles. The fourth-order valence-electron chi connectivity index (χ4n) is 3.74. The first-order valence-electron chi connectivity index (χ1n) is 9.41. The Morgan fingerprint density at radius 2 is 1.57 bits per heavy atom. The third-order valence-electron chi connectivity index (χ3n) is 5.01. The van der Waals surface area contributed by atoms with Gasteiger partial charge in [-0.05, 0) is 34.6 Å². The molecule has 0 bridgehead atoms. The number of carbonyl (C=O) groups excluding carboxylic acids is 1. The number of carboxylic acid groups (broad SMARTS) is 1. The highest BCUT2D eigenvalue weighted by Gasteiger charge is 2.31. The first-order valence-corrected chi connectivity index (χ1v) is 9.41. The van der Waals surface area contributed by atoms with Crippen LogP contribution in [-0.2, 0) is 9.53 Å². The fraction of sp³-hybridized carbons (Fsp3) is 0.364. The van der Waals surface area contributed by atoms with E-state index in [1.165, 1.54) is 0 Å². The molecule has 1 aliphatic rings. The lowest BCUT2D eigenvalue weighted by Crippen LogP contribution is -2.48. The number of carbonyl (C=O) groups is 2. The molecule has 0 unspecified atom stereocenters. The van der Waals surface area contributed by atoms with Crippen LogP contribution in [0.3, 0.4) is 0 Å². The number of rotatable bonds is 7. The Morgan fingerprint density at radius 1 is 1.04 bits per heavy atom. The molecule has 6 heteroatoms. The van der Waals surface area contributed by atoms with Crippen molar-refractivity contribution >= 4 is 12.1 Å². The molecule has 3 N–H and O–H groups in total. The highest BCUT2D eigenvalue weighted by molar-refractivity contribution is 5.79. The largest absolute Gasteiger partial charge is 0.479 e. The van der Waals surface area contributed by atoms with Crippen LogP contribution < -0.4 is 5.32 Å². The molecule has 2 atom stereocenters. The zero-order chi connectivity index (χ0) is 20.3. The molecule has 0 aromatic heterocycles. The third-order valence-corrected chi connectivity index (χ3v) is 5.01. The van der Waals surface area contributed by atoms with E-state index in [2.05, 4.69) is 17.4 Å². The normalized spacial score (nSPS) is 14.9. The van der Waals surface area contributed by atoms with Gasteiger partial charge in [-0.25, -0.2) is 9.59 Å². The van der Waals surface area contributed by atoms with E-state index in [4.69, 9.17) is 9.84 Å². The van der Waals surface area contributed by atoms with Crippen molar-refractivity contribution < 1.29 is 24.5 Å². The van der Waals surface area contributed by atoms with Crippen LogP contribution in [0.15, 0.2) is 48.5 Å². The molecule has 3 rings (SSSR count). The molecule has 0 spiro atoms. The Balaban J connectivity index is 1.70. The van der Waals surface area contributed by atoms with Crippen molar-refractivity contribution in [1.29, 1.82) is 0 Å². The Labute approximate surface area is 164 Å². The molecule has 28 heavy (non-hydrogen) atoms. The van der Waals surface area contributed by atoms with Gasteiger partial charge in [0.05, 0.1) is 6.04 Å². The molecule has 6 nitrogen and oxygen atoms in total. The number of aliphatic hydroxyl groups is 1. The first-order chi connectivity index (χ1) is 13.4. The maximum absolute atomic E-state index is 12.3. The van der Waals surface area contributed by atoms with Crippen molar-refractivity contribution in [3.63, 3.8) is 0 Å². The number of amides is 1. The van der Waals surface area contributed by atoms with Gasteiger partial charge in [-0.15, -0.1) is 0 Å². The van der Waals surface area contributed by atoms with Gasteiger partial charge in [0.25, 0.3) is 0 Å². The molecule has 0 heterocycles. The molecule has 0 radical (unpaired) electrons. The Kier molecular flexibility index (Phi) is 5.99. The topological polar surface area (TPSA) is 95.9 Å². The number of fused-ring (bicyclic) bond motifs is 3. The summed E-state index contributed by atoms with van der Waals surface area (Å²) in [5.41, 5.74) is 4.46. The number of ether oxygens (including phenoxy) is 1. The van der Waals surface area contributed by atoms with Gasteiger partial charge in [0.1, 0.15) is 6.61 Å². The average molecular weight is 383 g/mol. The molecular weight excluding hydrogens is 358 g/mol. The zero-order valence-electron chi connectivity index (χ0n) is 16.0. The summed E-state index contributed by atoms with van der Waals surface area (Å²) in [4.78, 5) is 23.4. The average Bonchev–Trinajstić information content (AvgIpc) is 2.99. The second-order valence-corrected chi connectivity index (χ2v) is 7.49. The highest BCUT2D eigenvalue weighted by atomic mass is 16.5. The minimum absolute atomic E-state index is 0.0777. The van der Waals surface area contributed by atoms with Crippen molar-refractivity contribution in [3.05, 3.63) is 59.7 Å². The summed E-state index contributed by atoms with van der Waals surface area (Å²) >= 11 is 0. The van der Waals surface area contributed by atoms with Gasteiger partial charge in [-0.2, -0.15) is 0 Å². The van der Waals surface area contributed by atoms with E-state index >= 15 is 0 Å². The number of aliphatic carboxylic acids is 1. The summed E-state index contributed by atoms with van der Waals surface area (Å²) in [6.07, 6.45) is -2.08. The Hall–Kier alpha value is -2.86. The minimum Gasteiger partial charge on any atom is -0.479 e. The molecule has 0 fully saturated rings. The molecule has 0 saturated carbocycles. The zero-order valence-corrected chi connectivity index (χ0v) is 16.0. The van der Waals surface area contributed by atoms with Crippen molar-refractivity contribution in [2.45, 2.75) is 38.3 Å². The molecule has 2 aromatic carbocycles. The summed E-state index contributed by atoms with van der Waals surface area (Å²) in [5.74, 6) is -1.34. The van der Waals surface area contributed by atoms with Gasteiger partial charge >= 0.3 is 12.1 Å². The van der Waals surface area contributed by atoms with Crippen LogP contribution in [0, 0.1) is 5.92 Å². The second kappa shape index (κ2) is 8.44. The quantitative estimate of drug-likeness (QED) is 0.681. The predicted molar refractivity (Wildman–Crippen MR) is 105 cm³/mol. The molecular formula is C22H25NO5. The van der Waals surface area contributed by atoms with Crippen LogP contribution in [-0.4, -0.2) is 41.0 Å². The van der Waals surface area contributed by atoms with Gasteiger partial charge in [-0.1, -0.05) is 62.4 Å². The van der Waals surface area contributed by atoms with Crippen LogP contribution in [0.4, 0.5) is 4.79 Å². The van der Waals surface area contributed by atoms with Crippen molar-refractivity contribution in [2.24, 2.45) is 5.92 Å². The van der Waals surface area contributed by atoms with Crippen LogP contribution in [0.1, 0.15) is 37.3 Å². The number of carboxylic acids is 1. The predicted octanol–water partition coefficient (Wildman–Crippen LogP) is 3.39. The minimum atomic E-state index is -1.68. The summed E-state index contributed by atoms with van der Waals surface area (Å²) < 4.78 is 5.43. The van der Waals surface area contributed by atoms with Gasteiger partial charge in [0.2, 0.25) is 0 Å². The number of hydrogen-bond donors (Lipinski definition) is 3. The van der Waals surface area contributed by atoms with Crippen LogP contribution in [0.25, 0.3) is 11.1 Å². The van der Waals surface area contributed by atoms with E-state index in [0.717, 1.165) is 22.3 Å². The maximum Gasteiger partial charge on any atom is 0.407 e. The standard InChI is InChI=1S/C22H25NO5/c1-13(2)11-19(20(24)21(25)26)23-22(27)28-12-18-16-9-5-3-7-14(16)15-8-4-6-10-17(15)18/h3-10,13,18-20,24H,11-12H2,1-2H3,(H,23,27)(H,25,26)/t19-,20+/m1/s1. The van der Waals surface area contributed by atoms with Gasteiger partial charge in [0.15, 0.2) is 6.10 Å². The van der Waals surface area contributed by atoms with E-state index in [-0.39, 0.29) is 18.4 Å². The SMILES string of the molecule is CC(C)C[C@@H](NC(=O)OCC1c2ccccc2-c2ccccc21)[C@H](O)C(=O)O. The highest BCUT2D eigenvalue weighted by Crippen LogP contribution is 2.44. The Bertz CT molecular complexity index is 818. The van der Waals surface area contributed by atoms with Crippen molar-refractivity contribution in [2.75, 3.05) is 6.61 Å². The van der Waals surface area contributed by atoms with Gasteiger partial charge in [-0.3, -0.25) is 0 Å². The summed E-state index contributed by atoms with van der Waals surface area (Å²) in [7, 11) is 0. The summed E-state index contributed by atoms with van der Waals surface area (Å²) in [6, 6.07) is 15.1. The molecule has 1 amide bonds. The van der Waals surface area contributed by atoms with E-state index < -0.39 is 24.2 Å². The smallest absolute Gasteiger partial charge is 0.407 e. The van der Waals surface area contributed by atoms with E-state index in [9.17, 15) is 14.7 Å². The number of nitrogens with one attached hydrogen (secondary N) is 1. The first kappa shape index (κ1) is 19.9. The van der Waals surface area contributed by atoms with Crippen LogP contribution in [0.5, 0.6) is 0 Å². The van der Waals surface area contributed by atoms with E-state index in [0.29, 0.717) is 6.42 Å². The number of benzene rings is 2. The molecule has 148 valence electrons.